The minimum Gasteiger partial charge on any atom is -0.491 e. The van der Waals surface area contributed by atoms with Crippen LogP contribution >= 0.6 is 0 Å². The second kappa shape index (κ2) is 30.7. The van der Waals surface area contributed by atoms with Gasteiger partial charge in [-0.1, -0.05) is 57.6 Å². The number of esters is 1. The zero-order valence-electron chi connectivity index (χ0n) is 26.2. The molecule has 0 bridgehead atoms. The smallest absolute Gasteiger partial charge is 0.331 e. The third-order valence-corrected chi connectivity index (χ3v) is 6.17. The van der Waals surface area contributed by atoms with Crippen molar-refractivity contribution in [1.82, 2.24) is 0 Å². The highest BCUT2D eigenvalue weighted by Gasteiger charge is 2.00. The molecule has 0 heterocycles. The van der Waals surface area contributed by atoms with Crippen molar-refractivity contribution >= 4 is 5.97 Å². The van der Waals surface area contributed by atoms with Gasteiger partial charge in [0.05, 0.1) is 93.0 Å². The zero-order valence-corrected chi connectivity index (χ0v) is 26.2. The molecule has 0 saturated heterocycles. The van der Waals surface area contributed by atoms with Crippen LogP contribution in [0.5, 0.6) is 5.75 Å². The van der Waals surface area contributed by atoms with E-state index in [0.717, 1.165) is 12.2 Å². The average Bonchev–Trinajstić information content (AvgIpc) is 3.01. The maximum Gasteiger partial charge on any atom is 0.331 e. The van der Waals surface area contributed by atoms with Crippen LogP contribution in [0.2, 0.25) is 0 Å². The van der Waals surface area contributed by atoms with E-state index in [1.807, 2.05) is 12.1 Å². The number of carbonyl (C=O) groups excluding carboxylic acids is 1. The van der Waals surface area contributed by atoms with Crippen LogP contribution < -0.4 is 4.74 Å². The van der Waals surface area contributed by atoms with Gasteiger partial charge in [0, 0.05) is 0 Å². The molecular weight excluding hydrogens is 544 g/mol. The van der Waals surface area contributed by atoms with Gasteiger partial charge in [-0.3, -0.25) is 0 Å². The van der Waals surface area contributed by atoms with Crippen molar-refractivity contribution in [1.29, 1.82) is 0 Å². The van der Waals surface area contributed by atoms with Crippen LogP contribution in [-0.4, -0.2) is 112 Å². The molecule has 0 fully saturated rings. The number of methoxy groups -OCH3 is 1. The van der Waals surface area contributed by atoms with Gasteiger partial charge in [-0.15, -0.1) is 0 Å². The van der Waals surface area contributed by atoms with E-state index in [0.29, 0.717) is 92.5 Å². The lowest BCUT2D eigenvalue weighted by Crippen LogP contribution is -2.16. The van der Waals surface area contributed by atoms with Gasteiger partial charge < -0.3 is 42.6 Å². The normalized spacial score (nSPS) is 11.2. The minimum atomic E-state index is -0.402. The number of hydrogen-bond acceptors (Lipinski definition) is 10. The summed E-state index contributed by atoms with van der Waals surface area (Å²) >= 11 is 0. The number of hydrogen-bond donors (Lipinski definition) is 0. The highest BCUT2D eigenvalue weighted by molar-refractivity contribution is 5.70. The molecule has 0 N–H and O–H groups in total. The lowest BCUT2D eigenvalue weighted by atomic mass is 10.0. The van der Waals surface area contributed by atoms with Crippen LogP contribution in [0.1, 0.15) is 57.4 Å². The van der Waals surface area contributed by atoms with Gasteiger partial charge in [0.15, 0.2) is 0 Å². The van der Waals surface area contributed by atoms with E-state index in [1.165, 1.54) is 57.6 Å². The van der Waals surface area contributed by atoms with Crippen molar-refractivity contribution in [2.75, 3.05) is 106 Å². The average molecular weight is 601 g/mol. The fourth-order valence-electron chi connectivity index (χ4n) is 3.79. The largest absolute Gasteiger partial charge is 0.491 e. The van der Waals surface area contributed by atoms with Crippen molar-refractivity contribution in [3.8, 4) is 5.75 Å². The minimum absolute atomic E-state index is 0.0639. The standard InChI is InChI=1S/C32H56O10/c1-3-4-5-6-7-8-9-10-30-11-13-31(14-12-30)42-28-27-40-24-23-38-20-19-36-16-15-35-17-18-37-21-22-39-25-26-41-29-32(33)34-2/h11-14H,3-10,15-29H2,1-2H3. The second-order valence-electron chi connectivity index (χ2n) is 9.67. The van der Waals surface area contributed by atoms with E-state index in [2.05, 4.69) is 23.8 Å². The van der Waals surface area contributed by atoms with E-state index >= 15 is 0 Å². The predicted molar refractivity (Wildman–Crippen MR) is 161 cm³/mol. The Morgan fingerprint density at radius 2 is 0.929 bits per heavy atom. The zero-order chi connectivity index (χ0) is 30.2. The van der Waals surface area contributed by atoms with Crippen molar-refractivity contribution in [3.63, 3.8) is 0 Å². The Morgan fingerprint density at radius 3 is 1.38 bits per heavy atom. The summed E-state index contributed by atoms with van der Waals surface area (Å²) in [5, 5.41) is 0. The Labute approximate surface area is 253 Å². The van der Waals surface area contributed by atoms with E-state index < -0.39 is 5.97 Å². The van der Waals surface area contributed by atoms with Gasteiger partial charge >= 0.3 is 5.97 Å². The summed E-state index contributed by atoms with van der Waals surface area (Å²) < 4.78 is 48.0. The van der Waals surface area contributed by atoms with Gasteiger partial charge in [0.1, 0.15) is 19.0 Å². The van der Waals surface area contributed by atoms with Crippen molar-refractivity contribution in [2.24, 2.45) is 0 Å². The van der Waals surface area contributed by atoms with Crippen LogP contribution in [-0.2, 0) is 49.1 Å². The Hall–Kier alpha value is -1.79. The molecule has 0 aromatic heterocycles. The van der Waals surface area contributed by atoms with E-state index in [-0.39, 0.29) is 6.61 Å². The monoisotopic (exact) mass is 600 g/mol. The number of aryl methyl sites for hydroxylation is 1. The van der Waals surface area contributed by atoms with E-state index in [4.69, 9.17) is 37.9 Å². The van der Waals surface area contributed by atoms with Gasteiger partial charge in [-0.25, -0.2) is 4.79 Å². The van der Waals surface area contributed by atoms with Crippen molar-refractivity contribution in [2.45, 2.75) is 58.3 Å². The number of carbonyl (C=O) groups is 1. The van der Waals surface area contributed by atoms with Gasteiger partial charge in [-0.05, 0) is 30.5 Å². The lowest BCUT2D eigenvalue weighted by Gasteiger charge is -2.09. The molecule has 0 unspecified atom stereocenters. The first-order valence-corrected chi connectivity index (χ1v) is 15.6. The Balaban J connectivity index is 1.75. The molecule has 0 aliphatic rings. The molecule has 0 spiro atoms. The van der Waals surface area contributed by atoms with Crippen LogP contribution in [0.25, 0.3) is 0 Å². The second-order valence-corrected chi connectivity index (χ2v) is 9.67. The maximum atomic E-state index is 10.9. The molecule has 10 heteroatoms. The number of benzene rings is 1. The van der Waals surface area contributed by atoms with Crippen molar-refractivity contribution < 1.29 is 47.4 Å². The van der Waals surface area contributed by atoms with E-state index in [1.54, 1.807) is 0 Å². The fourth-order valence-corrected chi connectivity index (χ4v) is 3.79. The van der Waals surface area contributed by atoms with Crippen LogP contribution in [0.15, 0.2) is 24.3 Å². The first-order chi connectivity index (χ1) is 20.8. The number of ether oxygens (including phenoxy) is 9. The first kappa shape index (κ1) is 38.2. The first-order valence-electron chi connectivity index (χ1n) is 15.6. The number of unbranched alkanes of at least 4 members (excludes halogenated alkanes) is 6. The summed E-state index contributed by atoms with van der Waals surface area (Å²) in [6.45, 7) is 8.97. The Kier molecular flexibility index (Phi) is 27.9. The molecule has 1 aromatic carbocycles. The third-order valence-electron chi connectivity index (χ3n) is 6.17. The molecule has 0 amide bonds. The predicted octanol–water partition coefficient (Wildman–Crippen LogP) is 4.65. The highest BCUT2D eigenvalue weighted by Crippen LogP contribution is 2.15. The van der Waals surface area contributed by atoms with Gasteiger partial charge in [0.25, 0.3) is 0 Å². The number of rotatable bonds is 32. The van der Waals surface area contributed by atoms with Gasteiger partial charge in [0.2, 0.25) is 0 Å². The summed E-state index contributed by atoms with van der Waals surface area (Å²) in [5.74, 6) is 0.482. The van der Waals surface area contributed by atoms with Crippen LogP contribution in [0, 0.1) is 0 Å². The topological polar surface area (TPSA) is 100 Å². The van der Waals surface area contributed by atoms with Gasteiger partial charge in [-0.2, -0.15) is 0 Å². The SMILES string of the molecule is CCCCCCCCCc1ccc(OCCOCCOCCOCCOCCOCCOCCOCC(=O)OC)cc1. The van der Waals surface area contributed by atoms with Crippen LogP contribution in [0.4, 0.5) is 0 Å². The third kappa shape index (κ3) is 25.9. The molecule has 0 radical (unpaired) electrons. The van der Waals surface area contributed by atoms with Crippen LogP contribution in [0.3, 0.4) is 0 Å². The molecule has 42 heavy (non-hydrogen) atoms. The fraction of sp³-hybridized carbons (Fsp3) is 0.781. The maximum absolute atomic E-state index is 10.9. The van der Waals surface area contributed by atoms with E-state index in [9.17, 15) is 4.79 Å². The summed E-state index contributed by atoms with van der Waals surface area (Å²) in [4.78, 5) is 10.9. The molecule has 1 rings (SSSR count). The molecule has 0 aliphatic carbocycles. The molecule has 1 aromatic rings. The molecular formula is C32H56O10. The lowest BCUT2D eigenvalue weighted by molar-refractivity contribution is -0.146. The van der Waals surface area contributed by atoms with Crippen molar-refractivity contribution in [3.05, 3.63) is 29.8 Å². The molecule has 10 nitrogen and oxygen atoms in total. The molecule has 0 aliphatic heterocycles. The summed E-state index contributed by atoms with van der Waals surface area (Å²) in [6.07, 6.45) is 10.5. The highest BCUT2D eigenvalue weighted by atomic mass is 16.6. The Bertz CT molecular complexity index is 701. The molecule has 0 atom stereocenters. The summed E-state index contributed by atoms with van der Waals surface area (Å²) in [7, 11) is 1.32. The summed E-state index contributed by atoms with van der Waals surface area (Å²) in [6, 6.07) is 8.43. The summed E-state index contributed by atoms with van der Waals surface area (Å²) in [5.41, 5.74) is 1.38. The quantitative estimate of drug-likeness (QED) is 0.0858. The molecule has 0 saturated carbocycles. The molecule has 244 valence electrons. The Morgan fingerprint density at radius 1 is 0.524 bits per heavy atom.